The molecule has 1 N–H and O–H groups in total. The molecule has 0 aromatic heterocycles. The molecule has 5 heteroatoms. The topological polar surface area (TPSA) is 46.5 Å². The van der Waals surface area contributed by atoms with Crippen molar-refractivity contribution in [2.24, 2.45) is 5.92 Å². The van der Waals surface area contributed by atoms with Crippen LogP contribution in [0, 0.1) is 5.92 Å². The van der Waals surface area contributed by atoms with E-state index in [9.17, 15) is 13.6 Å². The highest BCUT2D eigenvalue weighted by molar-refractivity contribution is 5.72. The number of ether oxygens (including phenoxy) is 1. The summed E-state index contributed by atoms with van der Waals surface area (Å²) in [5, 5.41) is 8.51. The second-order valence-corrected chi connectivity index (χ2v) is 3.02. The molecule has 0 aliphatic heterocycles. The Hall–Kier alpha value is -0.710. The zero-order valence-corrected chi connectivity index (χ0v) is 6.59. The average molecular weight is 180 g/mol. The van der Waals surface area contributed by atoms with Gasteiger partial charge >= 0.3 is 5.97 Å². The predicted molar refractivity (Wildman–Crippen MR) is 36.1 cm³/mol. The molecule has 0 aromatic carbocycles. The third-order valence-electron chi connectivity index (χ3n) is 2.05. The molecule has 0 aromatic rings. The molecule has 0 bridgehead atoms. The van der Waals surface area contributed by atoms with Gasteiger partial charge in [-0.1, -0.05) is 0 Å². The van der Waals surface area contributed by atoms with Gasteiger partial charge in [-0.15, -0.1) is 0 Å². The Balaban J connectivity index is 2.45. The summed E-state index contributed by atoms with van der Waals surface area (Å²) in [5.74, 6) is -4.39. The van der Waals surface area contributed by atoms with Gasteiger partial charge in [-0.2, -0.15) is 0 Å². The van der Waals surface area contributed by atoms with E-state index in [2.05, 4.69) is 4.74 Å². The third kappa shape index (κ3) is 1.72. The highest BCUT2D eigenvalue weighted by Crippen LogP contribution is 2.44. The Bertz CT molecular complexity index is 185. The third-order valence-corrected chi connectivity index (χ3v) is 2.05. The minimum absolute atomic E-state index is 0.377. The Morgan fingerprint density at radius 2 is 2.17 bits per heavy atom. The molecule has 1 unspecified atom stereocenters. The van der Waals surface area contributed by atoms with Crippen LogP contribution in [-0.2, 0) is 9.53 Å². The first-order valence-electron chi connectivity index (χ1n) is 3.60. The van der Waals surface area contributed by atoms with Crippen LogP contribution < -0.4 is 0 Å². The lowest BCUT2D eigenvalue weighted by atomic mass is 9.77. The number of carboxylic acid groups (broad SMARTS) is 1. The lowest BCUT2D eigenvalue weighted by molar-refractivity contribution is -0.174. The molecule has 1 aliphatic rings. The maximum Gasteiger partial charge on any atom is 0.333 e. The highest BCUT2D eigenvalue weighted by Gasteiger charge is 2.50. The van der Waals surface area contributed by atoms with Crippen LogP contribution >= 0.6 is 0 Å². The Kier molecular flexibility index (Phi) is 2.32. The summed E-state index contributed by atoms with van der Waals surface area (Å²) in [7, 11) is 1.22. The molecule has 0 heterocycles. The summed E-state index contributed by atoms with van der Waals surface area (Å²) in [5.41, 5.74) is 0. The van der Waals surface area contributed by atoms with Crippen molar-refractivity contribution in [1.82, 2.24) is 0 Å². The quantitative estimate of drug-likeness (QED) is 0.708. The molecule has 3 nitrogen and oxygen atoms in total. The number of rotatable bonds is 3. The van der Waals surface area contributed by atoms with Gasteiger partial charge in [0.2, 0.25) is 5.92 Å². The van der Waals surface area contributed by atoms with Crippen molar-refractivity contribution in [3.63, 3.8) is 0 Å². The van der Waals surface area contributed by atoms with Crippen molar-refractivity contribution >= 4 is 5.97 Å². The predicted octanol–water partition coefficient (Wildman–Crippen LogP) is 1.13. The number of halogens is 2. The molecule has 0 radical (unpaired) electrons. The molecule has 1 saturated carbocycles. The van der Waals surface area contributed by atoms with Gasteiger partial charge in [-0.05, 0) is 0 Å². The molecule has 1 atom stereocenters. The maximum absolute atomic E-state index is 12.3. The van der Waals surface area contributed by atoms with E-state index in [4.69, 9.17) is 5.11 Å². The summed E-state index contributed by atoms with van der Waals surface area (Å²) in [6, 6.07) is 0. The number of hydrogen-bond acceptors (Lipinski definition) is 2. The van der Waals surface area contributed by atoms with Gasteiger partial charge in [-0.25, -0.2) is 13.6 Å². The number of alkyl halides is 2. The van der Waals surface area contributed by atoms with E-state index in [0.29, 0.717) is 0 Å². The van der Waals surface area contributed by atoms with E-state index in [1.807, 2.05) is 0 Å². The fourth-order valence-corrected chi connectivity index (χ4v) is 1.42. The van der Waals surface area contributed by atoms with Crippen LogP contribution in [0.15, 0.2) is 0 Å². The zero-order valence-electron chi connectivity index (χ0n) is 6.59. The van der Waals surface area contributed by atoms with Gasteiger partial charge < -0.3 is 9.84 Å². The van der Waals surface area contributed by atoms with Crippen LogP contribution in [0.25, 0.3) is 0 Å². The molecular formula is C7H10F2O3. The van der Waals surface area contributed by atoms with E-state index in [1.54, 1.807) is 0 Å². The fraction of sp³-hybridized carbons (Fsp3) is 0.857. The van der Waals surface area contributed by atoms with Crippen LogP contribution in [0.2, 0.25) is 0 Å². The second-order valence-electron chi connectivity index (χ2n) is 3.02. The summed E-state index contributed by atoms with van der Waals surface area (Å²) >= 11 is 0. The molecule has 0 spiro atoms. The van der Waals surface area contributed by atoms with Crippen LogP contribution in [0.1, 0.15) is 12.8 Å². The Morgan fingerprint density at radius 1 is 1.67 bits per heavy atom. The number of hydrogen-bond donors (Lipinski definition) is 1. The fourth-order valence-electron chi connectivity index (χ4n) is 1.42. The van der Waals surface area contributed by atoms with Crippen molar-refractivity contribution in [1.29, 1.82) is 0 Å². The lowest BCUT2D eigenvalue weighted by Gasteiger charge is -2.37. The Labute approximate surface area is 68.3 Å². The molecule has 70 valence electrons. The average Bonchev–Trinajstić information content (AvgIpc) is 1.84. The molecular weight excluding hydrogens is 170 g/mol. The van der Waals surface area contributed by atoms with Crippen molar-refractivity contribution in [3.8, 4) is 0 Å². The van der Waals surface area contributed by atoms with E-state index in [0.717, 1.165) is 0 Å². The summed E-state index contributed by atoms with van der Waals surface area (Å²) in [4.78, 5) is 10.4. The van der Waals surface area contributed by atoms with Crippen molar-refractivity contribution < 1.29 is 23.4 Å². The van der Waals surface area contributed by atoms with Gasteiger partial charge in [0, 0.05) is 25.9 Å². The van der Waals surface area contributed by atoms with E-state index < -0.39 is 23.9 Å². The van der Waals surface area contributed by atoms with Gasteiger partial charge in [-0.3, -0.25) is 0 Å². The van der Waals surface area contributed by atoms with Crippen molar-refractivity contribution in [2.45, 2.75) is 24.9 Å². The minimum atomic E-state index is -2.68. The first-order valence-corrected chi connectivity index (χ1v) is 3.60. The summed E-state index contributed by atoms with van der Waals surface area (Å²) in [6.45, 7) is 0. The molecule has 12 heavy (non-hydrogen) atoms. The number of methoxy groups -OCH3 is 1. The van der Waals surface area contributed by atoms with Gasteiger partial charge in [0.1, 0.15) is 0 Å². The van der Waals surface area contributed by atoms with Crippen LogP contribution in [0.5, 0.6) is 0 Å². The summed E-state index contributed by atoms with van der Waals surface area (Å²) in [6.07, 6.45) is -1.83. The van der Waals surface area contributed by atoms with Gasteiger partial charge in [0.25, 0.3) is 0 Å². The van der Waals surface area contributed by atoms with Gasteiger partial charge in [0.15, 0.2) is 6.10 Å². The monoisotopic (exact) mass is 180 g/mol. The number of aliphatic carboxylic acids is 1. The van der Waals surface area contributed by atoms with Gasteiger partial charge in [0.05, 0.1) is 0 Å². The van der Waals surface area contributed by atoms with E-state index in [1.165, 1.54) is 7.11 Å². The van der Waals surface area contributed by atoms with Crippen LogP contribution in [-0.4, -0.2) is 30.2 Å². The normalized spacial score (nSPS) is 24.6. The smallest absolute Gasteiger partial charge is 0.333 e. The first-order chi connectivity index (χ1) is 5.46. The first kappa shape index (κ1) is 9.38. The molecule has 0 amide bonds. The van der Waals surface area contributed by atoms with Crippen LogP contribution in [0.3, 0.4) is 0 Å². The standard InChI is InChI=1S/C7H10F2O3/c1-12-5(6(10)11)4-2-7(8,9)3-4/h4-5H,2-3H2,1H3,(H,10,11). The van der Waals surface area contributed by atoms with E-state index in [-0.39, 0.29) is 12.8 Å². The second kappa shape index (κ2) is 2.97. The molecule has 1 aliphatic carbocycles. The van der Waals surface area contributed by atoms with Crippen LogP contribution in [0.4, 0.5) is 8.78 Å². The van der Waals surface area contributed by atoms with Crippen molar-refractivity contribution in [2.75, 3.05) is 7.11 Å². The zero-order chi connectivity index (χ0) is 9.35. The minimum Gasteiger partial charge on any atom is -0.479 e. The molecule has 1 fully saturated rings. The maximum atomic E-state index is 12.3. The lowest BCUT2D eigenvalue weighted by Crippen LogP contribution is -2.45. The Morgan fingerprint density at radius 3 is 2.42 bits per heavy atom. The SMILES string of the molecule is COC(C(=O)O)C1CC(F)(F)C1. The number of carbonyl (C=O) groups is 1. The number of carboxylic acids is 1. The van der Waals surface area contributed by atoms with Crippen molar-refractivity contribution in [3.05, 3.63) is 0 Å². The molecule has 0 saturated heterocycles. The summed E-state index contributed by atoms with van der Waals surface area (Å²) < 4.78 is 29.2. The highest BCUT2D eigenvalue weighted by atomic mass is 19.3. The molecule has 1 rings (SSSR count). The largest absolute Gasteiger partial charge is 0.479 e. The van der Waals surface area contributed by atoms with E-state index >= 15 is 0 Å².